The quantitative estimate of drug-likeness (QED) is 0.609. The van der Waals surface area contributed by atoms with Gasteiger partial charge in [-0.3, -0.25) is 4.79 Å². The largest absolute Gasteiger partial charge is 0.465 e. The number of sulfonamides is 1. The highest BCUT2D eigenvalue weighted by Gasteiger charge is 2.27. The molecular weight excluding hydrogens is 326 g/mol. The maximum absolute atomic E-state index is 12.5. The lowest BCUT2D eigenvalue weighted by atomic mass is 10.2. The number of rotatable bonds is 7. The van der Waals surface area contributed by atoms with Gasteiger partial charge in [0.2, 0.25) is 10.0 Å². The third kappa shape index (κ3) is 5.12. The van der Waals surface area contributed by atoms with Gasteiger partial charge in [-0.05, 0) is 44.9 Å². The van der Waals surface area contributed by atoms with Crippen LogP contribution in [-0.4, -0.2) is 27.0 Å². The van der Waals surface area contributed by atoms with Crippen LogP contribution in [0.25, 0.3) is 0 Å². The molecule has 122 valence electrons. The third-order valence-electron chi connectivity index (χ3n) is 2.92. The smallest absolute Gasteiger partial charge is 0.324 e. The van der Waals surface area contributed by atoms with E-state index in [9.17, 15) is 13.2 Å². The van der Waals surface area contributed by atoms with E-state index in [1.807, 2.05) is 0 Å². The molecular formula is C15H20ClNO4S. The van der Waals surface area contributed by atoms with Crippen molar-refractivity contribution < 1.29 is 17.9 Å². The molecule has 1 rings (SSSR count). The van der Waals surface area contributed by atoms with E-state index in [0.717, 1.165) is 0 Å². The molecule has 5 nitrogen and oxygen atoms in total. The zero-order valence-electron chi connectivity index (χ0n) is 12.8. The van der Waals surface area contributed by atoms with Gasteiger partial charge in [-0.2, -0.15) is 4.72 Å². The van der Waals surface area contributed by atoms with Crippen LogP contribution in [0.1, 0.15) is 25.8 Å². The monoisotopic (exact) mass is 345 g/mol. The predicted molar refractivity (Wildman–Crippen MR) is 86.4 cm³/mol. The molecule has 1 unspecified atom stereocenters. The molecule has 0 fully saturated rings. The standard InChI is InChI=1S/C15H20ClNO4S/c1-4-6-7-13(15(18)21-5-2)17-22(19,20)14-10-12(16)9-8-11(14)3/h4,6,8-10,13,17H,5,7H2,1-3H3/b6-4+. The molecule has 0 saturated carbocycles. The highest BCUT2D eigenvalue weighted by molar-refractivity contribution is 7.89. The fraction of sp³-hybridized carbons (Fsp3) is 0.400. The van der Waals surface area contributed by atoms with Crippen LogP contribution in [0.15, 0.2) is 35.2 Å². The Labute approximate surface area is 136 Å². The van der Waals surface area contributed by atoms with E-state index < -0.39 is 22.0 Å². The van der Waals surface area contributed by atoms with E-state index in [-0.39, 0.29) is 17.9 Å². The molecule has 0 aromatic heterocycles. The van der Waals surface area contributed by atoms with Crippen molar-refractivity contribution in [3.63, 3.8) is 0 Å². The van der Waals surface area contributed by atoms with Gasteiger partial charge in [0.1, 0.15) is 6.04 Å². The first kappa shape index (κ1) is 18.7. The normalized spacial score (nSPS) is 13.3. The topological polar surface area (TPSA) is 72.5 Å². The SMILES string of the molecule is C/C=C/CC(NS(=O)(=O)c1cc(Cl)ccc1C)C(=O)OCC. The van der Waals surface area contributed by atoms with Crippen LogP contribution in [0.5, 0.6) is 0 Å². The maximum Gasteiger partial charge on any atom is 0.324 e. The van der Waals surface area contributed by atoms with Gasteiger partial charge in [-0.1, -0.05) is 29.8 Å². The summed E-state index contributed by atoms with van der Waals surface area (Å²) in [6, 6.07) is 3.61. The number of hydrogen-bond donors (Lipinski definition) is 1. The Kier molecular flexibility index (Phi) is 7.06. The summed E-state index contributed by atoms with van der Waals surface area (Å²) in [6.45, 7) is 5.30. The van der Waals surface area contributed by atoms with Crippen molar-refractivity contribution in [1.29, 1.82) is 0 Å². The van der Waals surface area contributed by atoms with Crippen molar-refractivity contribution in [2.75, 3.05) is 6.61 Å². The fourth-order valence-corrected chi connectivity index (χ4v) is 3.53. The van der Waals surface area contributed by atoms with Crippen molar-refractivity contribution in [2.24, 2.45) is 0 Å². The molecule has 0 heterocycles. The van der Waals surface area contributed by atoms with E-state index in [1.54, 1.807) is 45.1 Å². The van der Waals surface area contributed by atoms with Crippen molar-refractivity contribution >= 4 is 27.6 Å². The number of ether oxygens (including phenoxy) is 1. The summed E-state index contributed by atoms with van der Waals surface area (Å²) in [7, 11) is -3.88. The number of allylic oxidation sites excluding steroid dienone is 1. The first-order valence-electron chi connectivity index (χ1n) is 6.88. The van der Waals surface area contributed by atoms with E-state index in [1.165, 1.54) is 6.07 Å². The van der Waals surface area contributed by atoms with Gasteiger partial charge in [0.15, 0.2) is 0 Å². The number of aryl methyl sites for hydroxylation is 1. The van der Waals surface area contributed by atoms with Crippen LogP contribution in [0, 0.1) is 6.92 Å². The minimum Gasteiger partial charge on any atom is -0.465 e. The van der Waals surface area contributed by atoms with Crippen molar-refractivity contribution in [1.82, 2.24) is 4.72 Å². The molecule has 1 atom stereocenters. The van der Waals surface area contributed by atoms with Crippen molar-refractivity contribution in [2.45, 2.75) is 38.1 Å². The van der Waals surface area contributed by atoms with Crippen molar-refractivity contribution in [3.05, 3.63) is 40.9 Å². The van der Waals surface area contributed by atoms with Gasteiger partial charge < -0.3 is 4.74 Å². The highest BCUT2D eigenvalue weighted by atomic mass is 35.5. The summed E-state index contributed by atoms with van der Waals surface area (Å²) in [6.07, 6.45) is 3.66. The minimum absolute atomic E-state index is 0.0507. The highest BCUT2D eigenvalue weighted by Crippen LogP contribution is 2.20. The number of carbonyl (C=O) groups is 1. The zero-order valence-corrected chi connectivity index (χ0v) is 14.4. The van der Waals surface area contributed by atoms with Crippen LogP contribution in [-0.2, 0) is 19.6 Å². The summed E-state index contributed by atoms with van der Waals surface area (Å²) in [5.74, 6) is -0.608. The number of nitrogens with one attached hydrogen (secondary N) is 1. The van der Waals surface area contributed by atoms with Gasteiger partial charge in [0, 0.05) is 5.02 Å². The number of hydrogen-bond acceptors (Lipinski definition) is 4. The maximum atomic E-state index is 12.5. The molecule has 0 amide bonds. The molecule has 0 spiro atoms. The van der Waals surface area contributed by atoms with Crippen LogP contribution < -0.4 is 4.72 Å². The molecule has 0 saturated heterocycles. The molecule has 0 aliphatic rings. The Morgan fingerprint density at radius 3 is 2.73 bits per heavy atom. The summed E-state index contributed by atoms with van der Waals surface area (Å²) in [5, 5.41) is 0.312. The molecule has 7 heteroatoms. The molecule has 0 radical (unpaired) electrons. The number of esters is 1. The Hall–Kier alpha value is -1.37. The van der Waals surface area contributed by atoms with Crippen molar-refractivity contribution in [3.8, 4) is 0 Å². The Morgan fingerprint density at radius 1 is 1.45 bits per heavy atom. The van der Waals surface area contributed by atoms with E-state index in [0.29, 0.717) is 10.6 Å². The third-order valence-corrected chi connectivity index (χ3v) is 4.76. The van der Waals surface area contributed by atoms with Gasteiger partial charge in [-0.25, -0.2) is 8.42 Å². The molecule has 0 aliphatic carbocycles. The van der Waals surface area contributed by atoms with Gasteiger partial charge in [-0.15, -0.1) is 0 Å². The van der Waals surface area contributed by atoms with Crippen LogP contribution >= 0.6 is 11.6 Å². The molecule has 22 heavy (non-hydrogen) atoms. The van der Waals surface area contributed by atoms with E-state index >= 15 is 0 Å². The molecule has 0 bridgehead atoms. The van der Waals surface area contributed by atoms with Gasteiger partial charge in [0.25, 0.3) is 0 Å². The minimum atomic E-state index is -3.88. The van der Waals surface area contributed by atoms with Gasteiger partial charge >= 0.3 is 5.97 Å². The summed E-state index contributed by atoms with van der Waals surface area (Å²) in [5.41, 5.74) is 0.547. The Morgan fingerprint density at radius 2 is 2.14 bits per heavy atom. The lowest BCUT2D eigenvalue weighted by molar-refractivity contribution is -0.145. The second-order valence-electron chi connectivity index (χ2n) is 4.64. The molecule has 1 aromatic carbocycles. The van der Waals surface area contributed by atoms with E-state index in [2.05, 4.69) is 4.72 Å². The first-order chi connectivity index (χ1) is 10.3. The molecule has 1 N–H and O–H groups in total. The second kappa shape index (κ2) is 8.31. The molecule has 0 aliphatic heterocycles. The Bertz CT molecular complexity index is 656. The van der Waals surface area contributed by atoms with Crippen LogP contribution in [0.2, 0.25) is 5.02 Å². The lowest BCUT2D eigenvalue weighted by Crippen LogP contribution is -2.41. The van der Waals surface area contributed by atoms with E-state index in [4.69, 9.17) is 16.3 Å². The summed E-state index contributed by atoms with van der Waals surface area (Å²) in [4.78, 5) is 12.0. The summed E-state index contributed by atoms with van der Waals surface area (Å²) >= 11 is 5.86. The predicted octanol–water partition coefficient (Wildman–Crippen LogP) is 2.82. The lowest BCUT2D eigenvalue weighted by Gasteiger charge is -2.17. The summed E-state index contributed by atoms with van der Waals surface area (Å²) < 4.78 is 32.3. The number of halogens is 1. The fourth-order valence-electron chi connectivity index (χ4n) is 1.82. The molecule has 1 aromatic rings. The van der Waals surface area contributed by atoms with Crippen LogP contribution in [0.4, 0.5) is 0 Å². The first-order valence-corrected chi connectivity index (χ1v) is 8.74. The Balaban J connectivity index is 3.09. The average Bonchev–Trinajstić information content (AvgIpc) is 2.46. The number of benzene rings is 1. The van der Waals surface area contributed by atoms with Gasteiger partial charge in [0.05, 0.1) is 11.5 Å². The second-order valence-corrected chi connectivity index (χ2v) is 6.76. The number of carbonyl (C=O) groups excluding carboxylic acids is 1. The van der Waals surface area contributed by atoms with Crippen LogP contribution in [0.3, 0.4) is 0 Å². The zero-order chi connectivity index (χ0) is 16.8. The average molecular weight is 346 g/mol.